The molecule has 0 spiro atoms. The molecule has 3 aromatic rings. The molecule has 0 bridgehead atoms. The van der Waals surface area contributed by atoms with E-state index in [4.69, 9.17) is 17.0 Å². The quantitative estimate of drug-likeness (QED) is 0.515. The number of aromatic hydroxyl groups is 1. The minimum absolute atomic E-state index is 0.0304. The van der Waals surface area contributed by atoms with Gasteiger partial charge in [0.25, 0.3) is 0 Å². The molecule has 8 heteroatoms. The van der Waals surface area contributed by atoms with Gasteiger partial charge in [-0.2, -0.15) is 0 Å². The Morgan fingerprint density at radius 2 is 2.03 bits per heavy atom. The van der Waals surface area contributed by atoms with Crippen molar-refractivity contribution < 1.29 is 14.6 Å². The lowest BCUT2D eigenvalue weighted by atomic mass is 10.1. The summed E-state index contributed by atoms with van der Waals surface area (Å²) >= 11 is 6.62. The van der Waals surface area contributed by atoms with Gasteiger partial charge in [-0.1, -0.05) is 18.2 Å². The van der Waals surface area contributed by atoms with E-state index in [1.807, 2.05) is 37.3 Å². The highest BCUT2D eigenvalue weighted by Gasteiger charge is 2.17. The summed E-state index contributed by atoms with van der Waals surface area (Å²) in [5.41, 5.74) is 3.42. The first-order valence-corrected chi connectivity index (χ1v) is 10.6. The van der Waals surface area contributed by atoms with Crippen LogP contribution < -0.4 is 10.1 Å². The summed E-state index contributed by atoms with van der Waals surface area (Å²) in [5.74, 6) is 0.426. The van der Waals surface area contributed by atoms with Gasteiger partial charge in [-0.25, -0.2) is 0 Å². The molecular formula is C22H19N3O3S2. The first kappa shape index (κ1) is 20.1. The Morgan fingerprint density at radius 3 is 2.80 bits per heavy atom. The molecule has 1 amide bonds. The smallest absolute Gasteiger partial charge is 0.244 e. The first-order valence-electron chi connectivity index (χ1n) is 9.35. The molecule has 0 saturated carbocycles. The van der Waals surface area contributed by atoms with Crippen LogP contribution in [0.2, 0.25) is 0 Å². The van der Waals surface area contributed by atoms with Crippen LogP contribution in [0.5, 0.6) is 11.6 Å². The standard InChI is InChI=1S/C22H19N3O3S2/c1-2-28-16-9-7-15(8-10-16)24-20(26)13-25-21(27)19(30-22(25)29)11-14-12-23-18-6-4-3-5-17(14)18/h3-12,27H,2,13H2,1H3,(H,24,26)/b14-11-. The number of carbonyl (C=O) groups excluding carboxylic acids is 1. The second-order valence-corrected chi connectivity index (χ2v) is 8.20. The zero-order valence-corrected chi connectivity index (χ0v) is 17.8. The third kappa shape index (κ3) is 4.19. The fraction of sp³-hybridized carbons (Fsp3) is 0.136. The van der Waals surface area contributed by atoms with E-state index in [1.165, 1.54) is 15.9 Å². The molecule has 1 aliphatic rings. The average molecular weight is 438 g/mol. The van der Waals surface area contributed by atoms with Crippen LogP contribution in [0.15, 0.2) is 53.5 Å². The largest absolute Gasteiger partial charge is 0.494 e. The number of amides is 1. The topological polar surface area (TPSA) is 75.8 Å². The molecule has 0 fully saturated rings. The molecule has 1 aromatic heterocycles. The van der Waals surface area contributed by atoms with Crippen LogP contribution in [-0.4, -0.2) is 28.4 Å². The molecule has 4 rings (SSSR count). The van der Waals surface area contributed by atoms with Gasteiger partial charge in [0.1, 0.15) is 12.3 Å². The summed E-state index contributed by atoms with van der Waals surface area (Å²) in [7, 11) is 0. The van der Waals surface area contributed by atoms with Crippen molar-refractivity contribution in [2.45, 2.75) is 13.5 Å². The van der Waals surface area contributed by atoms with Gasteiger partial charge in [0, 0.05) is 23.0 Å². The predicted octanol–water partition coefficient (Wildman–Crippen LogP) is 5.28. The van der Waals surface area contributed by atoms with Crippen molar-refractivity contribution >= 4 is 58.7 Å². The maximum atomic E-state index is 12.5. The van der Waals surface area contributed by atoms with Crippen LogP contribution in [0.1, 0.15) is 17.4 Å². The number of aromatic nitrogens is 1. The number of anilines is 1. The zero-order chi connectivity index (χ0) is 21.1. The number of nitrogens with zero attached hydrogens (tertiary/aromatic N) is 2. The highest BCUT2D eigenvalue weighted by Crippen LogP contribution is 2.35. The van der Waals surface area contributed by atoms with Crippen molar-refractivity contribution in [3.8, 4) is 11.6 Å². The lowest BCUT2D eigenvalue weighted by Crippen LogP contribution is -2.18. The van der Waals surface area contributed by atoms with Gasteiger partial charge >= 0.3 is 0 Å². The Labute approximate surface area is 182 Å². The predicted molar refractivity (Wildman–Crippen MR) is 124 cm³/mol. The van der Waals surface area contributed by atoms with Crippen LogP contribution in [0.3, 0.4) is 0 Å². The van der Waals surface area contributed by atoms with E-state index in [1.54, 1.807) is 30.5 Å². The van der Waals surface area contributed by atoms with Gasteiger partial charge in [0.2, 0.25) is 11.8 Å². The average Bonchev–Trinajstić information content (AvgIpc) is 3.26. The van der Waals surface area contributed by atoms with Crippen LogP contribution >= 0.6 is 23.6 Å². The minimum Gasteiger partial charge on any atom is -0.494 e. The lowest BCUT2D eigenvalue weighted by molar-refractivity contribution is -0.116. The molecule has 1 aliphatic heterocycles. The highest BCUT2D eigenvalue weighted by molar-refractivity contribution is 7.73. The van der Waals surface area contributed by atoms with Crippen molar-refractivity contribution in [1.82, 2.24) is 4.57 Å². The summed E-state index contributed by atoms with van der Waals surface area (Å²) in [5, 5.41) is 13.5. The molecule has 0 aliphatic carbocycles. The SMILES string of the molecule is CCOc1ccc(NC(=O)Cn2c(O)c(/C=C3/C=Nc4ccccc43)sc2=S)cc1. The maximum Gasteiger partial charge on any atom is 0.244 e. The summed E-state index contributed by atoms with van der Waals surface area (Å²) < 4.78 is 7.24. The monoisotopic (exact) mass is 437 g/mol. The molecule has 2 aromatic carbocycles. The van der Waals surface area contributed by atoms with E-state index in [-0.39, 0.29) is 18.3 Å². The summed E-state index contributed by atoms with van der Waals surface area (Å²) in [6.45, 7) is 2.41. The Morgan fingerprint density at radius 1 is 1.27 bits per heavy atom. The van der Waals surface area contributed by atoms with E-state index in [2.05, 4.69) is 10.3 Å². The van der Waals surface area contributed by atoms with Gasteiger partial charge in [0.15, 0.2) is 3.95 Å². The van der Waals surface area contributed by atoms with Gasteiger partial charge < -0.3 is 15.2 Å². The normalized spacial score (nSPS) is 13.4. The van der Waals surface area contributed by atoms with E-state index in [0.717, 1.165) is 22.6 Å². The van der Waals surface area contributed by atoms with Crippen LogP contribution in [0.4, 0.5) is 11.4 Å². The van der Waals surface area contributed by atoms with Crippen molar-refractivity contribution in [2.75, 3.05) is 11.9 Å². The first-order chi connectivity index (χ1) is 14.5. The van der Waals surface area contributed by atoms with Crippen molar-refractivity contribution in [2.24, 2.45) is 4.99 Å². The number of carbonyl (C=O) groups is 1. The fourth-order valence-corrected chi connectivity index (χ4v) is 4.35. The number of benzene rings is 2. The van der Waals surface area contributed by atoms with Gasteiger partial charge in [0.05, 0.1) is 17.2 Å². The zero-order valence-electron chi connectivity index (χ0n) is 16.2. The molecule has 30 heavy (non-hydrogen) atoms. The molecule has 152 valence electrons. The third-order valence-corrected chi connectivity index (χ3v) is 5.87. The number of allylic oxidation sites excluding steroid dienone is 1. The summed E-state index contributed by atoms with van der Waals surface area (Å²) in [4.78, 5) is 17.4. The highest BCUT2D eigenvalue weighted by atomic mass is 32.1. The van der Waals surface area contributed by atoms with E-state index >= 15 is 0 Å². The molecule has 2 N–H and O–H groups in total. The molecule has 0 saturated heterocycles. The molecule has 0 radical (unpaired) electrons. The molecule has 6 nitrogen and oxygen atoms in total. The Kier molecular flexibility index (Phi) is 5.78. The van der Waals surface area contributed by atoms with Gasteiger partial charge in [-0.3, -0.25) is 14.4 Å². The van der Waals surface area contributed by atoms with Crippen LogP contribution in [0, 0.1) is 3.95 Å². The minimum atomic E-state index is -0.282. The number of thiazole rings is 1. The summed E-state index contributed by atoms with van der Waals surface area (Å²) in [6, 6.07) is 14.9. The molecular weight excluding hydrogens is 418 g/mol. The Hall–Kier alpha value is -3.23. The van der Waals surface area contributed by atoms with Crippen molar-refractivity contribution in [3.05, 3.63) is 62.9 Å². The van der Waals surface area contributed by atoms with Crippen LogP contribution in [0.25, 0.3) is 11.6 Å². The van der Waals surface area contributed by atoms with E-state index in [9.17, 15) is 9.90 Å². The van der Waals surface area contributed by atoms with Gasteiger partial charge in [-0.15, -0.1) is 11.3 Å². The number of hydrogen-bond acceptors (Lipinski definition) is 6. The van der Waals surface area contributed by atoms with E-state index < -0.39 is 0 Å². The molecule has 2 heterocycles. The maximum absolute atomic E-state index is 12.5. The number of nitrogens with one attached hydrogen (secondary N) is 1. The Balaban J connectivity index is 1.50. The Bertz CT molecular complexity index is 1210. The third-order valence-electron chi connectivity index (χ3n) is 4.49. The number of hydrogen-bond donors (Lipinski definition) is 2. The van der Waals surface area contributed by atoms with E-state index in [0.29, 0.717) is 21.1 Å². The lowest BCUT2D eigenvalue weighted by Gasteiger charge is -2.08. The van der Waals surface area contributed by atoms with Crippen molar-refractivity contribution in [3.63, 3.8) is 0 Å². The number of fused-ring (bicyclic) bond motifs is 1. The number of rotatable bonds is 6. The van der Waals surface area contributed by atoms with Crippen LogP contribution in [-0.2, 0) is 11.3 Å². The molecule has 0 atom stereocenters. The number of aliphatic imine (C=N–C) groups is 1. The number of ether oxygens (including phenoxy) is 1. The summed E-state index contributed by atoms with van der Waals surface area (Å²) in [6.07, 6.45) is 3.60. The fourth-order valence-electron chi connectivity index (χ4n) is 3.09. The van der Waals surface area contributed by atoms with Crippen molar-refractivity contribution in [1.29, 1.82) is 0 Å². The second-order valence-electron chi connectivity index (χ2n) is 6.52. The second kappa shape index (κ2) is 8.64. The van der Waals surface area contributed by atoms with Gasteiger partial charge in [-0.05, 0) is 55.5 Å². The number of para-hydroxylation sites is 1. The molecule has 0 unspecified atom stereocenters.